The van der Waals surface area contributed by atoms with Gasteiger partial charge >= 0.3 is 11.9 Å². The molecule has 166 valence electrons. The summed E-state index contributed by atoms with van der Waals surface area (Å²) in [7, 11) is 0. The minimum atomic E-state index is -0.780. The summed E-state index contributed by atoms with van der Waals surface area (Å²) in [4.78, 5) is 48.4. The number of hydrogen-bond donors (Lipinski definition) is 1. The number of nitrogens with zero attached hydrogens (tertiary/aromatic N) is 1. The van der Waals surface area contributed by atoms with E-state index in [1.807, 2.05) is 0 Å². The maximum Gasteiger partial charge on any atom is 0.348 e. The predicted molar refractivity (Wildman–Crippen MR) is 116 cm³/mol. The molecule has 9 nitrogen and oxygen atoms in total. The number of non-ortho nitro benzene ring substituents is 1. The molecule has 1 aromatic heterocycles. The minimum Gasteiger partial charge on any atom is -0.459 e. The van der Waals surface area contributed by atoms with Crippen LogP contribution in [0.3, 0.4) is 0 Å². The van der Waals surface area contributed by atoms with E-state index in [0.717, 1.165) is 17.4 Å². The van der Waals surface area contributed by atoms with E-state index in [1.165, 1.54) is 12.1 Å². The number of ether oxygens (including phenoxy) is 2. The lowest BCUT2D eigenvalue weighted by molar-refractivity contribution is -0.384. The van der Waals surface area contributed by atoms with Gasteiger partial charge in [-0.1, -0.05) is 11.6 Å². The molecule has 1 heterocycles. The second-order valence-corrected chi connectivity index (χ2v) is 8.47. The van der Waals surface area contributed by atoms with E-state index < -0.39 is 28.9 Å². The molecule has 2 rings (SSSR count). The van der Waals surface area contributed by atoms with E-state index in [1.54, 1.807) is 34.6 Å². The van der Waals surface area contributed by atoms with Crippen LogP contribution < -0.4 is 5.32 Å². The number of nitro groups is 1. The summed E-state index contributed by atoms with van der Waals surface area (Å²) in [6, 6.07) is 3.42. The second kappa shape index (κ2) is 9.88. The van der Waals surface area contributed by atoms with Gasteiger partial charge < -0.3 is 14.8 Å². The van der Waals surface area contributed by atoms with Gasteiger partial charge in [-0.25, -0.2) is 9.59 Å². The van der Waals surface area contributed by atoms with Crippen LogP contribution in [-0.4, -0.2) is 35.0 Å². The SMILES string of the molecule is Cc1c(C(=O)OC(C)C)sc(NC(=O)c2cc([N+](=O)[O-])ccc2Cl)c1C(=O)OC(C)C. The lowest BCUT2D eigenvalue weighted by atomic mass is 10.1. The number of thiophene rings is 1. The molecule has 1 aromatic carbocycles. The Balaban J connectivity index is 2.50. The fourth-order valence-electron chi connectivity index (χ4n) is 2.55. The first-order valence-corrected chi connectivity index (χ1v) is 10.4. The Bertz CT molecular complexity index is 1050. The van der Waals surface area contributed by atoms with Gasteiger partial charge in [-0.2, -0.15) is 0 Å². The van der Waals surface area contributed by atoms with Gasteiger partial charge in [-0.3, -0.25) is 14.9 Å². The van der Waals surface area contributed by atoms with Crippen LogP contribution in [0.4, 0.5) is 10.7 Å². The first kappa shape index (κ1) is 24.3. The molecule has 0 saturated heterocycles. The van der Waals surface area contributed by atoms with E-state index >= 15 is 0 Å². The first-order chi connectivity index (χ1) is 14.4. The fraction of sp³-hybridized carbons (Fsp3) is 0.350. The molecule has 0 aliphatic rings. The Hall–Kier alpha value is -2.98. The molecule has 0 atom stereocenters. The van der Waals surface area contributed by atoms with E-state index in [-0.39, 0.29) is 37.8 Å². The predicted octanol–water partition coefficient (Wildman–Crippen LogP) is 5.00. The van der Waals surface area contributed by atoms with Crippen molar-refractivity contribution in [2.45, 2.75) is 46.8 Å². The number of rotatable bonds is 7. The van der Waals surface area contributed by atoms with Crippen molar-refractivity contribution in [3.63, 3.8) is 0 Å². The third-order valence-corrected chi connectivity index (χ3v) is 5.37. The molecule has 0 radical (unpaired) electrons. The van der Waals surface area contributed by atoms with E-state index in [9.17, 15) is 24.5 Å². The number of nitrogens with one attached hydrogen (secondary N) is 1. The van der Waals surface area contributed by atoms with Gasteiger partial charge in [-0.15, -0.1) is 11.3 Å². The number of carbonyl (C=O) groups excluding carboxylic acids is 3. The smallest absolute Gasteiger partial charge is 0.348 e. The Morgan fingerprint density at radius 2 is 1.68 bits per heavy atom. The monoisotopic (exact) mass is 468 g/mol. The molecule has 31 heavy (non-hydrogen) atoms. The number of anilines is 1. The molecule has 0 fully saturated rings. The van der Waals surface area contributed by atoms with Gasteiger partial charge in [0.05, 0.1) is 33.3 Å². The summed E-state index contributed by atoms with van der Waals surface area (Å²) in [5.41, 5.74) is -0.181. The summed E-state index contributed by atoms with van der Waals surface area (Å²) in [5.74, 6) is -2.16. The standard InChI is InChI=1S/C20H21ClN2O7S/c1-9(2)29-19(25)15-11(5)16(20(26)30-10(3)4)31-18(15)22-17(24)13-8-12(23(27)28)6-7-14(13)21/h6-10H,1-5H3,(H,22,24). The molecule has 11 heteroatoms. The zero-order valence-corrected chi connectivity index (χ0v) is 19.1. The highest BCUT2D eigenvalue weighted by atomic mass is 35.5. The number of carbonyl (C=O) groups is 3. The minimum absolute atomic E-state index is 0.00399. The van der Waals surface area contributed by atoms with Gasteiger partial charge in [0.15, 0.2) is 0 Å². The molecule has 0 aliphatic heterocycles. The fourth-order valence-corrected chi connectivity index (χ4v) is 3.83. The lowest BCUT2D eigenvalue weighted by Crippen LogP contribution is -2.17. The van der Waals surface area contributed by atoms with Crippen LogP contribution in [0.15, 0.2) is 18.2 Å². The van der Waals surface area contributed by atoms with Crippen molar-refractivity contribution in [3.8, 4) is 0 Å². The van der Waals surface area contributed by atoms with Crippen LogP contribution in [0.25, 0.3) is 0 Å². The second-order valence-electron chi connectivity index (χ2n) is 7.04. The number of esters is 2. The number of hydrogen-bond acceptors (Lipinski definition) is 8. The van der Waals surface area contributed by atoms with Crippen molar-refractivity contribution >= 4 is 51.5 Å². The Morgan fingerprint density at radius 1 is 1.10 bits per heavy atom. The Labute approximate surface area is 187 Å². The number of nitro benzene ring substituents is 1. The normalized spacial score (nSPS) is 10.8. The molecule has 0 bridgehead atoms. The van der Waals surface area contributed by atoms with Crippen molar-refractivity contribution in [3.05, 3.63) is 54.9 Å². The molecular weight excluding hydrogens is 448 g/mol. The molecule has 2 aromatic rings. The maximum absolute atomic E-state index is 12.8. The van der Waals surface area contributed by atoms with Crippen LogP contribution in [0, 0.1) is 17.0 Å². The first-order valence-electron chi connectivity index (χ1n) is 9.23. The van der Waals surface area contributed by atoms with Gasteiger partial charge in [0.25, 0.3) is 11.6 Å². The molecular formula is C20H21ClN2O7S. The summed E-state index contributed by atoms with van der Waals surface area (Å²) in [6.07, 6.45) is -0.825. The quantitative estimate of drug-likeness (QED) is 0.344. The zero-order chi connectivity index (χ0) is 23.5. The van der Waals surface area contributed by atoms with Crippen LogP contribution in [0.5, 0.6) is 0 Å². The van der Waals surface area contributed by atoms with Crippen LogP contribution in [0.1, 0.15) is 63.6 Å². The summed E-state index contributed by atoms with van der Waals surface area (Å²) in [6.45, 7) is 8.23. The van der Waals surface area contributed by atoms with E-state index in [4.69, 9.17) is 21.1 Å². The lowest BCUT2D eigenvalue weighted by Gasteiger charge is -2.11. The van der Waals surface area contributed by atoms with Crippen LogP contribution in [-0.2, 0) is 9.47 Å². The molecule has 0 unspecified atom stereocenters. The van der Waals surface area contributed by atoms with Crippen LogP contribution >= 0.6 is 22.9 Å². The highest BCUT2D eigenvalue weighted by Gasteiger charge is 2.29. The molecule has 1 amide bonds. The maximum atomic E-state index is 12.8. The third-order valence-electron chi connectivity index (χ3n) is 3.85. The Kier molecular flexibility index (Phi) is 7.75. The summed E-state index contributed by atoms with van der Waals surface area (Å²) < 4.78 is 10.5. The van der Waals surface area contributed by atoms with E-state index in [0.29, 0.717) is 5.56 Å². The van der Waals surface area contributed by atoms with Gasteiger partial charge in [0.1, 0.15) is 9.88 Å². The zero-order valence-electron chi connectivity index (χ0n) is 17.5. The largest absolute Gasteiger partial charge is 0.459 e. The van der Waals surface area contributed by atoms with Crippen molar-refractivity contribution in [2.24, 2.45) is 0 Å². The van der Waals surface area contributed by atoms with Crippen molar-refractivity contribution < 1.29 is 28.8 Å². The number of amides is 1. The highest BCUT2D eigenvalue weighted by molar-refractivity contribution is 7.18. The topological polar surface area (TPSA) is 125 Å². The Morgan fingerprint density at radius 3 is 2.23 bits per heavy atom. The van der Waals surface area contributed by atoms with Crippen molar-refractivity contribution in [1.82, 2.24) is 0 Å². The van der Waals surface area contributed by atoms with Gasteiger partial charge in [-0.05, 0) is 46.2 Å². The number of halogens is 1. The molecule has 0 saturated carbocycles. The van der Waals surface area contributed by atoms with E-state index in [2.05, 4.69) is 5.32 Å². The van der Waals surface area contributed by atoms with Crippen molar-refractivity contribution in [2.75, 3.05) is 5.32 Å². The molecule has 0 spiro atoms. The summed E-state index contributed by atoms with van der Waals surface area (Å²) in [5, 5.41) is 13.6. The number of benzene rings is 1. The average molecular weight is 469 g/mol. The molecule has 0 aliphatic carbocycles. The third kappa shape index (κ3) is 5.80. The average Bonchev–Trinajstić information content (AvgIpc) is 2.96. The van der Waals surface area contributed by atoms with Gasteiger partial charge in [0, 0.05) is 12.1 Å². The molecule has 1 N–H and O–H groups in total. The van der Waals surface area contributed by atoms with Crippen LogP contribution in [0.2, 0.25) is 5.02 Å². The van der Waals surface area contributed by atoms with Crippen molar-refractivity contribution in [1.29, 1.82) is 0 Å². The highest BCUT2D eigenvalue weighted by Crippen LogP contribution is 2.35. The summed E-state index contributed by atoms with van der Waals surface area (Å²) >= 11 is 6.88. The van der Waals surface area contributed by atoms with Gasteiger partial charge in [0.2, 0.25) is 0 Å².